The van der Waals surface area contributed by atoms with Gasteiger partial charge >= 0.3 is 80.7 Å². The van der Waals surface area contributed by atoms with Crippen LogP contribution in [0.15, 0.2) is 0 Å². The molecule has 0 aromatic carbocycles. The Hall–Kier alpha value is 1.68. The minimum Gasteiger partial charge on any atom is -1.00 e. The van der Waals surface area contributed by atoms with Crippen LogP contribution < -0.4 is 51.4 Å². The summed E-state index contributed by atoms with van der Waals surface area (Å²) in [6.07, 6.45) is 0. The maximum absolute atomic E-state index is 8.74. The van der Waals surface area contributed by atoms with Crippen LogP contribution in [0.2, 0.25) is 0 Å². The van der Waals surface area contributed by atoms with Crippen LogP contribution in [-0.4, -0.2) is 47.7 Å². The summed E-state index contributed by atoms with van der Waals surface area (Å²) < 4.78 is 22.6. The second kappa shape index (κ2) is 6.30. The average molecular weight is 208 g/mol. The summed E-state index contributed by atoms with van der Waals surface area (Å²) in [5.74, 6) is 0. The van der Waals surface area contributed by atoms with Crippen molar-refractivity contribution in [2.24, 2.45) is 0 Å². The molecule has 0 saturated carbocycles. The molecular weight excluding hydrogens is 205 g/mol. The van der Waals surface area contributed by atoms with E-state index in [1.54, 1.807) is 0 Å². The Morgan fingerprint density at radius 3 is 1.38 bits per heavy atom. The largest absolute Gasteiger partial charge is 1.00 e. The van der Waals surface area contributed by atoms with E-state index in [1.165, 1.54) is 0 Å². The zero-order chi connectivity index (χ0) is 7.84. The number of hydrogen-bond donors (Lipinski definition) is 2. The monoisotopic (exact) mass is 209 g/mol. The molecule has 3 radical (unpaired) electrons. The zero-order valence-corrected chi connectivity index (χ0v) is 9.95. The van der Waals surface area contributed by atoms with Gasteiger partial charge in [0.05, 0.1) is 0 Å². The maximum atomic E-state index is 8.74. The Labute approximate surface area is 122 Å². The van der Waals surface area contributed by atoms with Crippen LogP contribution >= 0.6 is 0 Å². The molecule has 13 heteroatoms. The molecule has 13 heavy (non-hydrogen) atoms. The smallest absolute Gasteiger partial charge is 1.00 e. The summed E-state index contributed by atoms with van der Waals surface area (Å²) >= 11 is 0. The van der Waals surface area contributed by atoms with Gasteiger partial charge in [-0.25, -0.2) is 0 Å². The van der Waals surface area contributed by atoms with E-state index >= 15 is 0 Å². The first kappa shape index (κ1) is 14.7. The van der Waals surface area contributed by atoms with E-state index < -0.39 is 29.3 Å². The summed E-state index contributed by atoms with van der Waals surface area (Å²) in [6, 6.07) is 0. The summed E-state index contributed by atoms with van der Waals surface area (Å²) in [7, 11) is -5.20. The maximum Gasteiger partial charge on any atom is 1.00 e. The molecule has 0 aromatic rings. The first-order chi connectivity index (χ1) is 5.24. The Balaban J connectivity index is 0. The van der Waals surface area contributed by atoms with E-state index in [4.69, 9.17) is 10.0 Å². The standard InChI is InChI=1S/B4H2O7.B.K.H/c5-1-7-3-9-2(6)10-4(8-1)11-3;;;/h5-6H;;;/q;;+1;-1. The number of rotatable bonds is 0. The van der Waals surface area contributed by atoms with E-state index in [-0.39, 0.29) is 61.2 Å². The summed E-state index contributed by atoms with van der Waals surface area (Å²) in [5.41, 5.74) is 0. The minimum absolute atomic E-state index is 0. The van der Waals surface area contributed by atoms with Gasteiger partial charge in [0.1, 0.15) is 0 Å². The van der Waals surface area contributed by atoms with Crippen LogP contribution in [0.3, 0.4) is 0 Å². The second-order valence-electron chi connectivity index (χ2n) is 1.87. The van der Waals surface area contributed by atoms with Crippen LogP contribution in [0, 0.1) is 0 Å². The van der Waals surface area contributed by atoms with Crippen molar-refractivity contribution in [1.82, 2.24) is 0 Å². The number of fused-ring (bicyclic) bond motifs is 2. The molecule has 0 spiro atoms. The van der Waals surface area contributed by atoms with Crippen molar-refractivity contribution in [1.29, 1.82) is 0 Å². The van der Waals surface area contributed by atoms with Gasteiger partial charge in [-0.1, -0.05) is 0 Å². The van der Waals surface area contributed by atoms with Crippen LogP contribution in [0.25, 0.3) is 0 Å². The molecule has 2 N–H and O–H groups in total. The van der Waals surface area contributed by atoms with Crippen molar-refractivity contribution >= 4 is 37.7 Å². The van der Waals surface area contributed by atoms with Crippen molar-refractivity contribution < 1.29 is 85.7 Å². The molecular formula is H3B5KO7. The molecule has 2 bridgehead atoms. The first-order valence-electron chi connectivity index (χ1n) is 2.87. The Kier molecular flexibility index (Phi) is 7.12. The molecule has 2 aliphatic rings. The van der Waals surface area contributed by atoms with Crippen LogP contribution in [0.5, 0.6) is 0 Å². The van der Waals surface area contributed by atoms with Gasteiger partial charge in [0.2, 0.25) is 0 Å². The van der Waals surface area contributed by atoms with Gasteiger partial charge in [-0.3, -0.25) is 0 Å². The van der Waals surface area contributed by atoms with E-state index in [2.05, 4.69) is 22.9 Å². The van der Waals surface area contributed by atoms with Crippen LogP contribution in [0.4, 0.5) is 0 Å². The van der Waals surface area contributed by atoms with Crippen molar-refractivity contribution in [3.8, 4) is 0 Å². The van der Waals surface area contributed by atoms with Crippen molar-refractivity contribution in [2.45, 2.75) is 0 Å². The zero-order valence-electron chi connectivity index (χ0n) is 7.82. The molecule has 0 unspecified atom stereocenters. The predicted molar refractivity (Wildman–Crippen MR) is 39.7 cm³/mol. The van der Waals surface area contributed by atoms with Gasteiger partial charge in [-0.15, -0.1) is 0 Å². The Morgan fingerprint density at radius 2 is 1.08 bits per heavy atom. The molecule has 0 aliphatic carbocycles. The molecule has 0 aromatic heterocycles. The normalized spacial score (nSPS) is 20.8. The van der Waals surface area contributed by atoms with Gasteiger partial charge in [0.25, 0.3) is 0 Å². The molecule has 2 aliphatic heterocycles. The quantitative estimate of drug-likeness (QED) is 0.383. The topological polar surface area (TPSA) is 86.6 Å². The third kappa shape index (κ3) is 3.97. The van der Waals surface area contributed by atoms with Gasteiger partial charge in [0, 0.05) is 8.41 Å². The fourth-order valence-corrected chi connectivity index (χ4v) is 0.728. The second-order valence-corrected chi connectivity index (χ2v) is 1.87. The molecule has 7 nitrogen and oxygen atoms in total. The van der Waals surface area contributed by atoms with E-state index in [0.717, 1.165) is 0 Å². The van der Waals surface area contributed by atoms with E-state index in [9.17, 15) is 0 Å². The summed E-state index contributed by atoms with van der Waals surface area (Å²) in [5, 5.41) is 17.5. The number of hydrogen-bond acceptors (Lipinski definition) is 7. The van der Waals surface area contributed by atoms with Gasteiger partial charge in [-0.05, 0) is 0 Å². The average Bonchev–Trinajstić information content (AvgIpc) is 1.82. The van der Waals surface area contributed by atoms with Gasteiger partial charge in [-0.2, -0.15) is 0 Å². The van der Waals surface area contributed by atoms with Crippen LogP contribution in [-0.2, 0) is 22.9 Å². The summed E-state index contributed by atoms with van der Waals surface area (Å²) in [6.45, 7) is 0. The van der Waals surface area contributed by atoms with Crippen molar-refractivity contribution in [2.75, 3.05) is 0 Å². The molecule has 0 amide bonds. The molecule has 0 atom stereocenters. The molecule has 61 valence electrons. The van der Waals surface area contributed by atoms with E-state index in [0.29, 0.717) is 0 Å². The van der Waals surface area contributed by atoms with Gasteiger partial charge < -0.3 is 34.3 Å². The Bertz CT molecular complexity index is 128. The van der Waals surface area contributed by atoms with E-state index in [1.807, 2.05) is 0 Å². The molecule has 2 rings (SSSR count). The SMILES string of the molecule is OB1OB2OB(O)OB(O1)O2.[B].[H-].[K+]. The fourth-order valence-electron chi connectivity index (χ4n) is 0.728. The third-order valence-electron chi connectivity index (χ3n) is 1.13. The summed E-state index contributed by atoms with van der Waals surface area (Å²) in [4.78, 5) is 0. The Morgan fingerprint density at radius 1 is 0.769 bits per heavy atom. The predicted octanol–water partition coefficient (Wildman–Crippen LogP) is -6.24. The fraction of sp³-hybridized carbons (Fsp3) is 0. The van der Waals surface area contributed by atoms with Crippen LogP contribution in [0.1, 0.15) is 1.43 Å². The molecule has 2 fully saturated rings. The van der Waals surface area contributed by atoms with Crippen molar-refractivity contribution in [3.05, 3.63) is 0 Å². The van der Waals surface area contributed by atoms with Gasteiger partial charge in [0.15, 0.2) is 0 Å². The first-order valence-corrected chi connectivity index (χ1v) is 2.87. The molecule has 2 saturated heterocycles. The third-order valence-corrected chi connectivity index (χ3v) is 1.13. The van der Waals surface area contributed by atoms with Crippen molar-refractivity contribution in [3.63, 3.8) is 0 Å². The minimum atomic E-state index is -1.45. The molecule has 2 heterocycles.